The molecule has 2 nitrogen and oxygen atoms in total. The molecular weight excluding hydrogens is 376 g/mol. The summed E-state index contributed by atoms with van der Waals surface area (Å²) in [6, 6.07) is 40.4. The van der Waals surface area contributed by atoms with Gasteiger partial charge in [0.2, 0.25) is 0 Å². The van der Waals surface area contributed by atoms with Crippen LogP contribution in [0.5, 0.6) is 0 Å². The summed E-state index contributed by atoms with van der Waals surface area (Å²) in [5.74, 6) is 0. The predicted molar refractivity (Wildman–Crippen MR) is 125 cm³/mol. The summed E-state index contributed by atoms with van der Waals surface area (Å²) in [5, 5.41) is 0. The van der Waals surface area contributed by atoms with Crippen LogP contribution in [0.1, 0.15) is 22.4 Å². The summed E-state index contributed by atoms with van der Waals surface area (Å²) < 4.78 is 0. The van der Waals surface area contributed by atoms with Crippen molar-refractivity contribution in [1.82, 2.24) is 9.97 Å². The van der Waals surface area contributed by atoms with Gasteiger partial charge in [-0.3, -0.25) is 4.98 Å². The van der Waals surface area contributed by atoms with Crippen molar-refractivity contribution in [3.05, 3.63) is 144 Å². The van der Waals surface area contributed by atoms with Crippen molar-refractivity contribution >= 4 is 0 Å². The highest BCUT2D eigenvalue weighted by molar-refractivity contribution is 5.85. The number of hydrogen-bond acceptors (Lipinski definition) is 2. The topological polar surface area (TPSA) is 25.8 Å². The van der Waals surface area contributed by atoms with Crippen molar-refractivity contribution in [2.75, 3.05) is 0 Å². The van der Waals surface area contributed by atoms with Gasteiger partial charge in [-0.05, 0) is 52.1 Å². The number of benzene rings is 3. The lowest BCUT2D eigenvalue weighted by molar-refractivity contribution is 0.735. The molecule has 0 saturated carbocycles. The fraction of sp³-hybridized carbons (Fsp3) is 0.0345. The lowest BCUT2D eigenvalue weighted by Crippen LogP contribution is -2.29. The fourth-order valence-electron chi connectivity index (χ4n) is 4.96. The molecule has 1 aliphatic carbocycles. The van der Waals surface area contributed by atoms with Crippen molar-refractivity contribution in [2.45, 2.75) is 5.41 Å². The minimum atomic E-state index is -0.473. The van der Waals surface area contributed by atoms with E-state index in [2.05, 4.69) is 96.0 Å². The van der Waals surface area contributed by atoms with E-state index < -0.39 is 5.41 Å². The van der Waals surface area contributed by atoms with Gasteiger partial charge in [0, 0.05) is 6.20 Å². The third-order valence-electron chi connectivity index (χ3n) is 6.22. The van der Waals surface area contributed by atoms with Crippen molar-refractivity contribution in [3.63, 3.8) is 0 Å². The molecule has 0 fully saturated rings. The molecule has 6 rings (SSSR count). The molecule has 2 aromatic heterocycles. The molecule has 3 aromatic carbocycles. The summed E-state index contributed by atoms with van der Waals surface area (Å²) in [7, 11) is 0. The average Bonchev–Trinajstić information content (AvgIpc) is 3.17. The number of pyridine rings is 2. The number of nitrogens with zero attached hydrogens (tertiary/aromatic N) is 2. The molecule has 0 bridgehead atoms. The molecule has 5 aromatic rings. The Morgan fingerprint density at radius 1 is 0.484 bits per heavy atom. The van der Waals surface area contributed by atoms with E-state index in [-0.39, 0.29) is 0 Å². The van der Waals surface area contributed by atoms with Gasteiger partial charge in [-0.2, -0.15) is 0 Å². The minimum Gasteiger partial charge on any atom is -0.255 e. The van der Waals surface area contributed by atoms with Gasteiger partial charge in [0.05, 0.1) is 22.5 Å². The van der Waals surface area contributed by atoms with E-state index in [1.54, 1.807) is 0 Å². The predicted octanol–water partition coefficient (Wildman–Crippen LogP) is 6.51. The summed E-state index contributed by atoms with van der Waals surface area (Å²) >= 11 is 0. The van der Waals surface area contributed by atoms with Crippen molar-refractivity contribution in [1.29, 1.82) is 0 Å². The van der Waals surface area contributed by atoms with E-state index in [0.29, 0.717) is 0 Å². The molecule has 0 aliphatic heterocycles. The van der Waals surface area contributed by atoms with E-state index in [9.17, 15) is 0 Å². The number of fused-ring (bicyclic) bond motifs is 3. The van der Waals surface area contributed by atoms with E-state index in [1.807, 2.05) is 30.5 Å². The maximum Gasteiger partial charge on any atom is 0.0890 e. The zero-order chi connectivity index (χ0) is 20.7. The van der Waals surface area contributed by atoms with Crippen LogP contribution in [0.25, 0.3) is 22.5 Å². The molecule has 146 valence electrons. The van der Waals surface area contributed by atoms with Gasteiger partial charge in [-0.1, -0.05) is 91.0 Å². The van der Waals surface area contributed by atoms with E-state index in [4.69, 9.17) is 4.98 Å². The third-order valence-corrected chi connectivity index (χ3v) is 6.22. The van der Waals surface area contributed by atoms with Crippen LogP contribution >= 0.6 is 0 Å². The lowest BCUT2D eigenvalue weighted by Gasteiger charge is -2.32. The monoisotopic (exact) mass is 396 g/mol. The van der Waals surface area contributed by atoms with Gasteiger partial charge in [0.1, 0.15) is 0 Å². The lowest BCUT2D eigenvalue weighted by atomic mass is 9.70. The molecule has 0 spiro atoms. The van der Waals surface area contributed by atoms with Gasteiger partial charge < -0.3 is 0 Å². The molecule has 0 radical (unpaired) electrons. The van der Waals surface area contributed by atoms with Crippen LogP contribution in [-0.2, 0) is 5.41 Å². The normalized spacial score (nSPS) is 13.4. The molecule has 0 amide bonds. The molecule has 0 N–H and O–H groups in total. The Morgan fingerprint density at radius 2 is 1.10 bits per heavy atom. The highest BCUT2D eigenvalue weighted by atomic mass is 14.8. The Labute approximate surface area is 181 Å². The van der Waals surface area contributed by atoms with Crippen molar-refractivity contribution < 1.29 is 0 Å². The highest BCUT2D eigenvalue weighted by Crippen LogP contribution is 2.55. The smallest absolute Gasteiger partial charge is 0.0890 e. The van der Waals surface area contributed by atoms with E-state index in [1.165, 1.54) is 27.8 Å². The minimum absolute atomic E-state index is 0.473. The Balaban J connectivity index is 1.72. The number of aromatic nitrogens is 2. The van der Waals surface area contributed by atoms with Gasteiger partial charge in [0.15, 0.2) is 0 Å². The quantitative estimate of drug-likeness (QED) is 0.341. The van der Waals surface area contributed by atoms with Gasteiger partial charge >= 0.3 is 0 Å². The number of hydrogen-bond donors (Lipinski definition) is 0. The Hall–Kier alpha value is -4.04. The van der Waals surface area contributed by atoms with Crippen LogP contribution < -0.4 is 0 Å². The largest absolute Gasteiger partial charge is 0.255 e. The fourth-order valence-corrected chi connectivity index (χ4v) is 4.96. The summed E-state index contributed by atoms with van der Waals surface area (Å²) in [4.78, 5) is 9.75. The molecule has 2 heteroatoms. The molecule has 1 aliphatic rings. The van der Waals surface area contributed by atoms with Crippen LogP contribution in [0, 0.1) is 0 Å². The molecule has 31 heavy (non-hydrogen) atoms. The summed E-state index contributed by atoms with van der Waals surface area (Å²) in [6.45, 7) is 0. The molecular formula is C29H20N2. The Bertz CT molecular complexity index is 1330. The first-order chi connectivity index (χ1) is 15.4. The zero-order valence-corrected chi connectivity index (χ0v) is 16.9. The Kier molecular flexibility index (Phi) is 4.03. The van der Waals surface area contributed by atoms with Crippen molar-refractivity contribution in [2.24, 2.45) is 0 Å². The SMILES string of the molecule is c1ccc(C2(c3cccc(-c4ccccn4)n3)c3ccccc3-c3ccccc32)cc1. The molecule has 0 unspecified atom stereocenters. The van der Waals surface area contributed by atoms with Crippen molar-refractivity contribution in [3.8, 4) is 22.5 Å². The second kappa shape index (κ2) is 7.03. The summed E-state index contributed by atoms with van der Waals surface area (Å²) in [6.07, 6.45) is 1.82. The number of rotatable bonds is 3. The van der Waals surface area contributed by atoms with Gasteiger partial charge in [-0.25, -0.2) is 4.98 Å². The molecule has 2 heterocycles. The van der Waals surface area contributed by atoms with Gasteiger partial charge in [-0.15, -0.1) is 0 Å². The second-order valence-corrected chi connectivity index (χ2v) is 7.83. The first-order valence-corrected chi connectivity index (χ1v) is 10.5. The standard InChI is InChI=1S/C29H20N2/c1-2-11-21(12-3-1)29(28-19-10-18-27(31-28)26-17-8-9-20-30-26)24-15-6-4-13-22(24)23-14-5-7-16-25(23)29/h1-20H. The maximum atomic E-state index is 5.21. The van der Waals surface area contributed by atoms with Crippen LogP contribution in [0.3, 0.4) is 0 Å². The maximum absolute atomic E-state index is 5.21. The van der Waals surface area contributed by atoms with Crippen LogP contribution in [0.15, 0.2) is 121 Å². The average molecular weight is 396 g/mol. The summed E-state index contributed by atoms with van der Waals surface area (Å²) in [5.41, 5.74) is 8.61. The first kappa shape index (κ1) is 17.8. The zero-order valence-electron chi connectivity index (χ0n) is 16.9. The van der Waals surface area contributed by atoms with Crippen LogP contribution in [0.2, 0.25) is 0 Å². The molecule has 0 saturated heterocycles. The van der Waals surface area contributed by atoms with Crippen LogP contribution in [0.4, 0.5) is 0 Å². The first-order valence-electron chi connectivity index (χ1n) is 10.5. The molecule has 0 atom stereocenters. The van der Waals surface area contributed by atoms with E-state index >= 15 is 0 Å². The third kappa shape index (κ3) is 2.58. The van der Waals surface area contributed by atoms with Crippen LogP contribution in [-0.4, -0.2) is 9.97 Å². The van der Waals surface area contributed by atoms with Gasteiger partial charge in [0.25, 0.3) is 0 Å². The highest BCUT2D eigenvalue weighted by Gasteiger charge is 2.46. The Morgan fingerprint density at radius 3 is 1.77 bits per heavy atom. The second-order valence-electron chi connectivity index (χ2n) is 7.83. The van der Waals surface area contributed by atoms with E-state index in [0.717, 1.165) is 17.1 Å².